The van der Waals surface area contributed by atoms with Crippen LogP contribution in [-0.4, -0.2) is 47.5 Å². The van der Waals surface area contributed by atoms with Crippen molar-refractivity contribution in [3.63, 3.8) is 0 Å². The number of likely N-dealkylation sites (N-methyl/N-ethyl adjacent to an activating group) is 1. The van der Waals surface area contributed by atoms with E-state index in [4.69, 9.17) is 0 Å². The molecule has 7 nitrogen and oxygen atoms in total. The lowest BCUT2D eigenvalue weighted by Crippen LogP contribution is -2.53. The molecule has 1 atom stereocenters. The lowest BCUT2D eigenvalue weighted by molar-refractivity contribution is -0.134. The highest BCUT2D eigenvalue weighted by Gasteiger charge is 2.46. The van der Waals surface area contributed by atoms with Crippen LogP contribution in [-0.2, 0) is 9.53 Å². The van der Waals surface area contributed by atoms with E-state index in [9.17, 15) is 14.8 Å². The van der Waals surface area contributed by atoms with Crippen LogP contribution < -0.4 is 5.48 Å². The molecule has 0 saturated carbocycles. The largest absolute Gasteiger partial charge is 0.465 e. The zero-order valence-corrected chi connectivity index (χ0v) is 11.4. The number of hydrogen-bond acceptors (Lipinski definition) is 6. The van der Waals surface area contributed by atoms with E-state index in [1.54, 1.807) is 24.3 Å². The number of benzene rings is 1. The minimum atomic E-state index is -1.30. The lowest BCUT2D eigenvalue weighted by atomic mass is 9.91. The van der Waals surface area contributed by atoms with Gasteiger partial charge in [-0.2, -0.15) is 10.6 Å². The topological polar surface area (TPSA) is 91.2 Å². The van der Waals surface area contributed by atoms with E-state index < -0.39 is 11.5 Å². The van der Waals surface area contributed by atoms with E-state index in [2.05, 4.69) is 9.84 Å². The molecule has 2 N–H and O–H groups in total. The van der Waals surface area contributed by atoms with Gasteiger partial charge in [0.1, 0.15) is 0 Å². The number of nitrogens with one attached hydrogen (secondary N) is 1. The molecule has 0 aromatic heterocycles. The van der Waals surface area contributed by atoms with Crippen LogP contribution in [0.25, 0.3) is 0 Å². The Morgan fingerprint density at radius 1 is 1.40 bits per heavy atom. The second-order valence-corrected chi connectivity index (χ2v) is 4.58. The Bertz CT molecular complexity index is 582. The van der Waals surface area contributed by atoms with Gasteiger partial charge in [0.05, 0.1) is 18.4 Å². The third kappa shape index (κ3) is 2.06. The molecule has 1 aromatic rings. The average molecular weight is 277 g/mol. The highest BCUT2D eigenvalue weighted by molar-refractivity contribution is 6.23. The highest BCUT2D eigenvalue weighted by atomic mass is 16.5. The number of hydrazone groups is 1. The fourth-order valence-corrected chi connectivity index (χ4v) is 2.05. The van der Waals surface area contributed by atoms with Gasteiger partial charge in [-0.3, -0.25) is 4.79 Å². The predicted molar refractivity (Wildman–Crippen MR) is 70.4 cm³/mol. The van der Waals surface area contributed by atoms with Crippen LogP contribution in [0.1, 0.15) is 22.8 Å². The van der Waals surface area contributed by atoms with Crippen molar-refractivity contribution in [1.82, 2.24) is 10.5 Å². The van der Waals surface area contributed by atoms with Crippen molar-refractivity contribution in [2.75, 3.05) is 14.2 Å². The number of esters is 1. The van der Waals surface area contributed by atoms with Gasteiger partial charge in [-0.25, -0.2) is 9.80 Å². The monoisotopic (exact) mass is 277 g/mol. The number of rotatable bonds is 3. The highest BCUT2D eigenvalue weighted by Crippen LogP contribution is 2.23. The summed E-state index contributed by atoms with van der Waals surface area (Å²) in [6.45, 7) is 1.53. The SMILES string of the molecule is COC(=O)c1ccc(C2=NN(C)C(=O)C2(C)NO)cc1. The molecule has 7 heteroatoms. The predicted octanol–water partition coefficient (Wildman–Crippen LogP) is 0.387. The number of ether oxygens (including phenoxy) is 1. The van der Waals surface area contributed by atoms with Crippen LogP contribution in [0.4, 0.5) is 0 Å². The summed E-state index contributed by atoms with van der Waals surface area (Å²) in [6.07, 6.45) is 0. The number of methoxy groups -OCH3 is 1. The van der Waals surface area contributed by atoms with Crippen molar-refractivity contribution in [3.05, 3.63) is 35.4 Å². The van der Waals surface area contributed by atoms with Gasteiger partial charge < -0.3 is 9.94 Å². The summed E-state index contributed by atoms with van der Waals surface area (Å²) in [7, 11) is 2.81. The van der Waals surface area contributed by atoms with Crippen LogP contribution in [0.3, 0.4) is 0 Å². The standard InChI is InChI=1S/C13H15N3O4/c1-13(15-19)10(14-16(2)12(13)18)8-4-6-9(7-5-8)11(17)20-3/h4-7,15,19H,1-3H3. The Balaban J connectivity index is 2.39. The zero-order valence-electron chi connectivity index (χ0n) is 11.4. The van der Waals surface area contributed by atoms with Gasteiger partial charge in [0.2, 0.25) is 0 Å². The van der Waals surface area contributed by atoms with Gasteiger partial charge in [-0.15, -0.1) is 0 Å². The van der Waals surface area contributed by atoms with Gasteiger partial charge in [-0.05, 0) is 19.1 Å². The summed E-state index contributed by atoms with van der Waals surface area (Å²) < 4.78 is 4.61. The van der Waals surface area contributed by atoms with Crippen LogP contribution in [0.2, 0.25) is 0 Å². The molecular weight excluding hydrogens is 262 g/mol. The van der Waals surface area contributed by atoms with E-state index in [-0.39, 0.29) is 5.91 Å². The zero-order chi connectivity index (χ0) is 14.9. The van der Waals surface area contributed by atoms with E-state index in [1.807, 2.05) is 5.48 Å². The van der Waals surface area contributed by atoms with E-state index in [0.29, 0.717) is 16.8 Å². The van der Waals surface area contributed by atoms with Crippen LogP contribution in [0, 0.1) is 0 Å². The molecule has 1 amide bonds. The van der Waals surface area contributed by atoms with Crippen molar-refractivity contribution >= 4 is 17.6 Å². The minimum absolute atomic E-state index is 0.368. The fraction of sp³-hybridized carbons (Fsp3) is 0.308. The summed E-state index contributed by atoms with van der Waals surface area (Å²) >= 11 is 0. The average Bonchev–Trinajstić information content (AvgIpc) is 2.71. The first kappa shape index (κ1) is 14.2. The third-order valence-corrected chi connectivity index (χ3v) is 3.25. The first-order valence-corrected chi connectivity index (χ1v) is 5.91. The van der Waals surface area contributed by atoms with Crippen molar-refractivity contribution < 1.29 is 19.5 Å². The number of carbonyl (C=O) groups is 2. The second kappa shape index (κ2) is 5.03. The number of hydroxylamine groups is 1. The Morgan fingerprint density at radius 3 is 2.50 bits per heavy atom. The van der Waals surface area contributed by atoms with Crippen molar-refractivity contribution in [1.29, 1.82) is 0 Å². The van der Waals surface area contributed by atoms with E-state index in [0.717, 1.165) is 5.01 Å². The number of amides is 1. The molecule has 0 spiro atoms. The summed E-state index contributed by atoms with van der Waals surface area (Å²) in [6, 6.07) is 6.44. The molecule has 1 aliphatic heterocycles. The van der Waals surface area contributed by atoms with Crippen molar-refractivity contribution in [2.45, 2.75) is 12.5 Å². The van der Waals surface area contributed by atoms with Crippen LogP contribution in [0.15, 0.2) is 29.4 Å². The van der Waals surface area contributed by atoms with Crippen LogP contribution in [0.5, 0.6) is 0 Å². The van der Waals surface area contributed by atoms with Gasteiger partial charge >= 0.3 is 5.97 Å². The van der Waals surface area contributed by atoms with Crippen molar-refractivity contribution in [3.8, 4) is 0 Å². The summed E-state index contributed by atoms with van der Waals surface area (Å²) in [4.78, 5) is 23.3. The van der Waals surface area contributed by atoms with E-state index >= 15 is 0 Å². The molecule has 1 aromatic carbocycles. The third-order valence-electron chi connectivity index (χ3n) is 3.25. The summed E-state index contributed by atoms with van der Waals surface area (Å²) in [5.74, 6) is -0.812. The molecule has 2 rings (SSSR count). The molecule has 0 radical (unpaired) electrons. The number of carbonyl (C=O) groups excluding carboxylic acids is 2. The van der Waals surface area contributed by atoms with Gasteiger partial charge in [0.15, 0.2) is 5.54 Å². The second-order valence-electron chi connectivity index (χ2n) is 4.58. The molecule has 1 unspecified atom stereocenters. The Hall–Kier alpha value is -2.25. The molecule has 0 bridgehead atoms. The maximum Gasteiger partial charge on any atom is 0.337 e. The molecule has 0 aliphatic carbocycles. The maximum atomic E-state index is 12.0. The summed E-state index contributed by atoms with van der Waals surface area (Å²) in [5.41, 5.74) is 2.10. The molecule has 0 fully saturated rings. The van der Waals surface area contributed by atoms with Crippen LogP contribution >= 0.6 is 0 Å². The first-order chi connectivity index (χ1) is 9.43. The van der Waals surface area contributed by atoms with Gasteiger partial charge in [0.25, 0.3) is 5.91 Å². The first-order valence-electron chi connectivity index (χ1n) is 5.91. The van der Waals surface area contributed by atoms with Gasteiger partial charge in [0, 0.05) is 12.6 Å². The Kier molecular flexibility index (Phi) is 3.56. The van der Waals surface area contributed by atoms with E-state index in [1.165, 1.54) is 21.1 Å². The smallest absolute Gasteiger partial charge is 0.337 e. The summed E-state index contributed by atoms with van der Waals surface area (Å²) in [5, 5.41) is 14.6. The Morgan fingerprint density at radius 2 is 2.00 bits per heavy atom. The molecule has 20 heavy (non-hydrogen) atoms. The number of hydrogen-bond donors (Lipinski definition) is 2. The quantitative estimate of drug-likeness (QED) is 0.616. The Labute approximate surface area is 115 Å². The molecule has 0 saturated heterocycles. The molecular formula is C13H15N3O4. The number of nitrogens with zero attached hydrogens (tertiary/aromatic N) is 2. The molecule has 1 heterocycles. The van der Waals surface area contributed by atoms with Crippen molar-refractivity contribution in [2.24, 2.45) is 5.10 Å². The fourth-order valence-electron chi connectivity index (χ4n) is 2.05. The minimum Gasteiger partial charge on any atom is -0.465 e. The molecule has 106 valence electrons. The van der Waals surface area contributed by atoms with Gasteiger partial charge in [-0.1, -0.05) is 12.1 Å². The normalized spacial score (nSPS) is 21.9. The maximum absolute atomic E-state index is 12.0. The molecule has 1 aliphatic rings. The lowest BCUT2D eigenvalue weighted by Gasteiger charge is -2.21.